The van der Waals surface area contributed by atoms with Crippen molar-refractivity contribution in [3.8, 4) is 0 Å². The lowest BCUT2D eigenvalue weighted by molar-refractivity contribution is -0.122. The van der Waals surface area contributed by atoms with Gasteiger partial charge in [-0.3, -0.25) is 9.59 Å². The van der Waals surface area contributed by atoms with E-state index in [9.17, 15) is 14.0 Å². The molecule has 10 heteroatoms. The fourth-order valence-corrected chi connectivity index (χ4v) is 6.76. The van der Waals surface area contributed by atoms with Gasteiger partial charge in [-0.2, -0.15) is 0 Å². The quantitative estimate of drug-likeness (QED) is 0.254. The summed E-state index contributed by atoms with van der Waals surface area (Å²) in [6, 6.07) is 12.4. The lowest BCUT2D eigenvalue weighted by Gasteiger charge is -2.37. The van der Waals surface area contributed by atoms with E-state index in [1.165, 1.54) is 18.2 Å². The Balaban J connectivity index is 1.73. The second kappa shape index (κ2) is 10.3. The van der Waals surface area contributed by atoms with E-state index >= 15 is 4.39 Å². The molecule has 2 aliphatic rings. The van der Waals surface area contributed by atoms with E-state index < -0.39 is 41.0 Å². The first-order valence-corrected chi connectivity index (χ1v) is 14.2. The molecular formula is C29H26Cl2F2IN3O2. The smallest absolute Gasteiger partial charge is 0.242 e. The lowest BCUT2D eigenvalue weighted by Crippen LogP contribution is -2.49. The van der Waals surface area contributed by atoms with Crippen LogP contribution in [0.5, 0.6) is 0 Å². The first-order chi connectivity index (χ1) is 18.3. The Hall–Kier alpha value is -2.27. The van der Waals surface area contributed by atoms with E-state index in [1.807, 2.05) is 43.4 Å². The van der Waals surface area contributed by atoms with Gasteiger partial charge in [-0.05, 0) is 82.0 Å². The Kier molecular flexibility index (Phi) is 7.45. The maximum atomic E-state index is 15.8. The predicted molar refractivity (Wildman–Crippen MR) is 158 cm³/mol. The van der Waals surface area contributed by atoms with Gasteiger partial charge in [0.25, 0.3) is 0 Å². The van der Waals surface area contributed by atoms with Gasteiger partial charge in [0, 0.05) is 26.2 Å². The molecule has 5 nitrogen and oxygen atoms in total. The molecule has 1 fully saturated rings. The van der Waals surface area contributed by atoms with E-state index in [-0.39, 0.29) is 27.6 Å². The molecule has 204 valence electrons. The second-order valence-electron chi connectivity index (χ2n) is 11.2. The van der Waals surface area contributed by atoms with Gasteiger partial charge < -0.3 is 16.0 Å². The second-order valence-corrected chi connectivity index (χ2v) is 13.3. The first-order valence-electron chi connectivity index (χ1n) is 12.4. The Bertz CT molecular complexity index is 1500. The van der Waals surface area contributed by atoms with Crippen molar-refractivity contribution < 1.29 is 18.4 Å². The SMILES string of the molecule is CC(C)(C)C[C@@H]1N[C@@H](C(=O)Nc2ccc(I)cc2F)[C@@H](c2cccc(Cl)c2F)C12C(=O)Nc1cc(Cl)ccc12. The van der Waals surface area contributed by atoms with Crippen molar-refractivity contribution in [2.24, 2.45) is 5.41 Å². The van der Waals surface area contributed by atoms with Gasteiger partial charge in [-0.1, -0.05) is 62.2 Å². The number of hydrogen-bond acceptors (Lipinski definition) is 3. The van der Waals surface area contributed by atoms with Crippen LogP contribution < -0.4 is 16.0 Å². The maximum absolute atomic E-state index is 15.8. The van der Waals surface area contributed by atoms with Crippen molar-refractivity contribution in [2.45, 2.75) is 50.6 Å². The van der Waals surface area contributed by atoms with Crippen molar-refractivity contribution in [3.05, 3.63) is 91.0 Å². The topological polar surface area (TPSA) is 70.2 Å². The monoisotopic (exact) mass is 683 g/mol. The minimum absolute atomic E-state index is 0.0103. The normalized spacial score (nSPS) is 24.1. The van der Waals surface area contributed by atoms with Gasteiger partial charge in [-0.25, -0.2) is 8.78 Å². The average Bonchev–Trinajstić information content (AvgIpc) is 3.31. The highest BCUT2D eigenvalue weighted by molar-refractivity contribution is 14.1. The molecule has 2 heterocycles. The van der Waals surface area contributed by atoms with E-state index in [2.05, 4.69) is 16.0 Å². The summed E-state index contributed by atoms with van der Waals surface area (Å²) in [7, 11) is 0. The van der Waals surface area contributed by atoms with Gasteiger partial charge in [0.2, 0.25) is 11.8 Å². The molecule has 1 saturated heterocycles. The summed E-state index contributed by atoms with van der Waals surface area (Å²) in [5.41, 5.74) is -0.433. The third kappa shape index (κ3) is 4.94. The number of anilines is 2. The standard InChI is InChI=1S/C29H26Cl2F2IN3O2/c1-28(2,3)13-22-29(17-9-7-14(30)11-21(17)36-27(29)39)23(16-5-4-6-18(31)24(16)33)25(37-22)26(38)35-20-10-8-15(34)12-19(20)32/h4-12,22-23,25,37H,13H2,1-3H3,(H,35,38)(H,36,39)/t22-,23+,25+,29?/m0/s1. The van der Waals surface area contributed by atoms with E-state index in [1.54, 1.807) is 36.4 Å². The molecule has 4 atom stereocenters. The number of carbonyl (C=O) groups excluding carboxylic acids is 2. The van der Waals surface area contributed by atoms with E-state index in [0.29, 0.717) is 26.3 Å². The van der Waals surface area contributed by atoms with Gasteiger partial charge >= 0.3 is 0 Å². The molecule has 0 radical (unpaired) electrons. The lowest BCUT2D eigenvalue weighted by atomic mass is 9.62. The Morgan fingerprint density at radius 3 is 2.54 bits per heavy atom. The van der Waals surface area contributed by atoms with Gasteiger partial charge in [0.1, 0.15) is 17.0 Å². The molecule has 0 bridgehead atoms. The van der Waals surface area contributed by atoms with Crippen LogP contribution in [0.4, 0.5) is 20.2 Å². The third-order valence-electron chi connectivity index (χ3n) is 7.41. The molecule has 2 aliphatic heterocycles. The molecule has 3 aromatic carbocycles. The molecule has 2 amide bonds. The highest BCUT2D eigenvalue weighted by Gasteiger charge is 2.66. The van der Waals surface area contributed by atoms with Crippen LogP contribution in [0.2, 0.25) is 10.0 Å². The molecule has 5 rings (SSSR count). The number of carbonyl (C=O) groups is 2. The Morgan fingerprint density at radius 1 is 1.10 bits per heavy atom. The largest absolute Gasteiger partial charge is 0.325 e. The molecule has 3 N–H and O–H groups in total. The Labute approximate surface area is 249 Å². The summed E-state index contributed by atoms with van der Waals surface area (Å²) in [6.45, 7) is 6.09. The number of amides is 2. The summed E-state index contributed by atoms with van der Waals surface area (Å²) in [4.78, 5) is 28.0. The van der Waals surface area contributed by atoms with Crippen LogP contribution in [-0.4, -0.2) is 23.9 Å². The van der Waals surface area contributed by atoms with Crippen molar-refractivity contribution in [3.63, 3.8) is 0 Å². The highest BCUT2D eigenvalue weighted by atomic mass is 127. The van der Waals surface area contributed by atoms with Crippen LogP contribution in [0.25, 0.3) is 0 Å². The average molecular weight is 684 g/mol. The number of nitrogens with one attached hydrogen (secondary N) is 3. The van der Waals surface area contributed by atoms with E-state index in [4.69, 9.17) is 23.2 Å². The number of halogens is 5. The molecule has 39 heavy (non-hydrogen) atoms. The minimum Gasteiger partial charge on any atom is -0.325 e. The summed E-state index contributed by atoms with van der Waals surface area (Å²) in [6.07, 6.45) is 0.475. The van der Waals surface area contributed by atoms with Crippen molar-refractivity contribution in [2.75, 3.05) is 10.6 Å². The molecule has 3 aromatic rings. The summed E-state index contributed by atoms with van der Waals surface area (Å²) < 4.78 is 31.2. The minimum atomic E-state index is -1.38. The first kappa shape index (κ1) is 28.3. The summed E-state index contributed by atoms with van der Waals surface area (Å²) >= 11 is 14.5. The van der Waals surface area contributed by atoms with Gasteiger partial charge in [-0.15, -0.1) is 0 Å². The fraction of sp³-hybridized carbons (Fsp3) is 0.310. The number of benzene rings is 3. The molecule has 1 unspecified atom stereocenters. The number of hydrogen-bond donors (Lipinski definition) is 3. The van der Waals surface area contributed by atoms with Crippen molar-refractivity contribution in [1.82, 2.24) is 5.32 Å². The fourth-order valence-electron chi connectivity index (χ4n) is 5.95. The summed E-state index contributed by atoms with van der Waals surface area (Å²) in [5, 5.41) is 9.27. The van der Waals surface area contributed by atoms with Gasteiger partial charge in [0.05, 0.1) is 16.8 Å². The predicted octanol–water partition coefficient (Wildman–Crippen LogP) is 7.27. The molecule has 0 saturated carbocycles. The molecule has 0 aromatic heterocycles. The zero-order valence-corrected chi connectivity index (χ0v) is 25.0. The Morgan fingerprint density at radius 2 is 1.85 bits per heavy atom. The molecule has 1 spiro atoms. The van der Waals surface area contributed by atoms with Crippen LogP contribution in [-0.2, 0) is 15.0 Å². The highest BCUT2D eigenvalue weighted by Crippen LogP contribution is 2.57. The van der Waals surface area contributed by atoms with Crippen LogP contribution >= 0.6 is 45.8 Å². The maximum Gasteiger partial charge on any atom is 0.242 e. The zero-order chi connectivity index (χ0) is 28.3. The molecule has 0 aliphatic carbocycles. The van der Waals surface area contributed by atoms with Gasteiger partial charge in [0.15, 0.2) is 0 Å². The van der Waals surface area contributed by atoms with Crippen LogP contribution in [0.3, 0.4) is 0 Å². The molecular weight excluding hydrogens is 658 g/mol. The van der Waals surface area contributed by atoms with Crippen LogP contribution in [0.15, 0.2) is 54.6 Å². The van der Waals surface area contributed by atoms with E-state index in [0.717, 1.165) is 0 Å². The zero-order valence-electron chi connectivity index (χ0n) is 21.3. The van der Waals surface area contributed by atoms with Crippen LogP contribution in [0, 0.1) is 20.6 Å². The number of fused-ring (bicyclic) bond motifs is 2. The van der Waals surface area contributed by atoms with Crippen molar-refractivity contribution >= 4 is 69.0 Å². The third-order valence-corrected chi connectivity index (χ3v) is 8.61. The van der Waals surface area contributed by atoms with Crippen LogP contribution in [0.1, 0.15) is 44.2 Å². The van der Waals surface area contributed by atoms with Crippen molar-refractivity contribution in [1.29, 1.82) is 0 Å². The summed E-state index contributed by atoms with van der Waals surface area (Å²) in [5.74, 6) is -3.29. The number of rotatable bonds is 4.